The van der Waals surface area contributed by atoms with E-state index in [9.17, 15) is 26.4 Å². The van der Waals surface area contributed by atoms with Crippen molar-refractivity contribution in [1.29, 1.82) is 0 Å². The zero-order chi connectivity index (χ0) is 20.0. The van der Waals surface area contributed by atoms with Crippen molar-refractivity contribution in [3.8, 4) is 5.75 Å². The second-order valence-electron chi connectivity index (χ2n) is 6.54. The Labute approximate surface area is 157 Å². The summed E-state index contributed by atoms with van der Waals surface area (Å²) in [5, 5.41) is 0. The Morgan fingerprint density at radius 2 is 1.81 bits per heavy atom. The number of hydrogen-bond acceptors (Lipinski definition) is 7. The van der Waals surface area contributed by atoms with Gasteiger partial charge in [-0.3, -0.25) is 14.5 Å². The van der Waals surface area contributed by atoms with E-state index in [0.717, 1.165) is 9.21 Å². The van der Waals surface area contributed by atoms with E-state index in [-0.39, 0.29) is 47.1 Å². The fraction of sp³-hybridized carbons (Fsp3) is 0.500. The third-order valence-corrected chi connectivity index (χ3v) is 8.52. The molecule has 1 aromatic carbocycles. The van der Waals surface area contributed by atoms with Crippen LogP contribution in [0.1, 0.15) is 19.3 Å². The highest BCUT2D eigenvalue weighted by Gasteiger charge is 2.38. The molecule has 0 aliphatic carbocycles. The van der Waals surface area contributed by atoms with Gasteiger partial charge in [-0.05, 0) is 24.6 Å². The van der Waals surface area contributed by atoms with E-state index in [4.69, 9.17) is 4.74 Å². The minimum absolute atomic E-state index is 0.0468. The van der Waals surface area contributed by atoms with Crippen molar-refractivity contribution in [2.24, 2.45) is 0 Å². The molecule has 2 saturated heterocycles. The molecule has 9 nitrogen and oxygen atoms in total. The molecule has 11 heteroatoms. The number of benzene rings is 1. The highest BCUT2D eigenvalue weighted by atomic mass is 32.2. The summed E-state index contributed by atoms with van der Waals surface area (Å²) in [6, 6.07) is 3.36. The quantitative estimate of drug-likeness (QED) is 0.627. The molecule has 2 aliphatic heterocycles. The van der Waals surface area contributed by atoms with Crippen molar-refractivity contribution in [2.45, 2.75) is 30.2 Å². The molecule has 1 atom stereocenters. The summed E-state index contributed by atoms with van der Waals surface area (Å²) >= 11 is 0. The molecule has 2 aliphatic rings. The van der Waals surface area contributed by atoms with Crippen molar-refractivity contribution in [3.05, 3.63) is 18.2 Å². The second kappa shape index (κ2) is 6.88. The first-order valence-corrected chi connectivity index (χ1v) is 11.6. The van der Waals surface area contributed by atoms with Gasteiger partial charge in [-0.25, -0.2) is 16.8 Å². The summed E-state index contributed by atoms with van der Waals surface area (Å²) in [6.07, 6.45) is 0.364. The van der Waals surface area contributed by atoms with Gasteiger partial charge in [0, 0.05) is 25.9 Å². The van der Waals surface area contributed by atoms with Crippen LogP contribution in [0.3, 0.4) is 0 Å². The Morgan fingerprint density at radius 1 is 1.19 bits per heavy atom. The van der Waals surface area contributed by atoms with Crippen LogP contribution in [-0.4, -0.2) is 64.7 Å². The predicted octanol–water partition coefficient (Wildman–Crippen LogP) is 0.156. The minimum atomic E-state index is -4.11. The minimum Gasteiger partial charge on any atom is -0.495 e. The van der Waals surface area contributed by atoms with Crippen LogP contribution in [-0.2, 0) is 29.4 Å². The fourth-order valence-electron chi connectivity index (χ4n) is 3.28. The molecule has 0 aromatic heterocycles. The number of anilines is 1. The Balaban J connectivity index is 2.02. The topological polar surface area (TPSA) is 118 Å². The van der Waals surface area contributed by atoms with Crippen molar-refractivity contribution in [1.82, 2.24) is 4.31 Å². The number of hydrogen-bond donors (Lipinski definition) is 0. The number of methoxy groups -OCH3 is 1. The molecule has 0 spiro atoms. The first-order chi connectivity index (χ1) is 12.6. The van der Waals surface area contributed by atoms with Gasteiger partial charge in [0.15, 0.2) is 9.84 Å². The van der Waals surface area contributed by atoms with Crippen LogP contribution in [0.2, 0.25) is 0 Å². The van der Waals surface area contributed by atoms with E-state index in [1.54, 1.807) is 0 Å². The number of sulfone groups is 1. The molecule has 0 saturated carbocycles. The lowest BCUT2D eigenvalue weighted by atomic mass is 10.2. The molecule has 2 amide bonds. The number of imide groups is 1. The summed E-state index contributed by atoms with van der Waals surface area (Å²) in [5.74, 6) is -1.06. The maximum absolute atomic E-state index is 13.1. The van der Waals surface area contributed by atoms with Gasteiger partial charge in [0.25, 0.3) is 0 Å². The van der Waals surface area contributed by atoms with Crippen LogP contribution >= 0.6 is 0 Å². The third kappa shape index (κ3) is 3.58. The molecule has 148 valence electrons. The van der Waals surface area contributed by atoms with Crippen molar-refractivity contribution in [2.75, 3.05) is 30.6 Å². The summed E-state index contributed by atoms with van der Waals surface area (Å²) in [7, 11) is -4.75. The maximum Gasteiger partial charge on any atom is 0.246 e. The van der Waals surface area contributed by atoms with Crippen LogP contribution in [0.15, 0.2) is 23.1 Å². The van der Waals surface area contributed by atoms with Gasteiger partial charge in [-0.2, -0.15) is 4.31 Å². The number of ether oxygens (including phenoxy) is 1. The van der Waals surface area contributed by atoms with Gasteiger partial charge in [0.05, 0.1) is 24.3 Å². The number of amides is 2. The molecule has 0 bridgehead atoms. The van der Waals surface area contributed by atoms with E-state index in [2.05, 4.69) is 0 Å². The molecule has 0 unspecified atom stereocenters. The smallest absolute Gasteiger partial charge is 0.246 e. The van der Waals surface area contributed by atoms with Crippen molar-refractivity contribution in [3.63, 3.8) is 0 Å². The molecular formula is C16H20N2O7S2. The number of carbonyl (C=O) groups is 2. The summed E-state index contributed by atoms with van der Waals surface area (Å²) in [5.41, 5.74) is 0.148. The number of sulfonamides is 1. The number of rotatable bonds is 5. The zero-order valence-electron chi connectivity index (χ0n) is 14.9. The Bertz CT molecular complexity index is 986. The van der Waals surface area contributed by atoms with Gasteiger partial charge >= 0.3 is 0 Å². The predicted molar refractivity (Wildman–Crippen MR) is 96.7 cm³/mol. The average Bonchev–Trinajstić information content (AvgIpc) is 3.15. The van der Waals surface area contributed by atoms with Gasteiger partial charge in [0.1, 0.15) is 10.6 Å². The molecule has 1 aromatic rings. The third-order valence-electron chi connectivity index (χ3n) is 4.84. The van der Waals surface area contributed by atoms with Crippen LogP contribution < -0.4 is 9.64 Å². The summed E-state index contributed by atoms with van der Waals surface area (Å²) in [6.45, 7) is 0. The summed E-state index contributed by atoms with van der Waals surface area (Å²) < 4.78 is 55.8. The standard InChI is InChI=1S/C16H20N2O7S2/c1-17(12-7-8-26(21,22)10-12)27(23,24)14-9-11(3-4-13(14)25-2)18-15(19)5-6-16(18)20/h3-4,9,12H,5-8,10H2,1-2H3/t12-/m1/s1. The molecule has 27 heavy (non-hydrogen) atoms. The van der Waals surface area contributed by atoms with E-state index >= 15 is 0 Å². The fourth-order valence-corrected chi connectivity index (χ4v) is 6.71. The molecule has 3 rings (SSSR count). The van der Waals surface area contributed by atoms with E-state index in [1.807, 2.05) is 0 Å². The Kier molecular flexibility index (Phi) is 5.04. The lowest BCUT2D eigenvalue weighted by Crippen LogP contribution is -2.38. The van der Waals surface area contributed by atoms with Gasteiger partial charge in [0.2, 0.25) is 21.8 Å². The highest BCUT2D eigenvalue weighted by molar-refractivity contribution is 7.92. The van der Waals surface area contributed by atoms with Gasteiger partial charge < -0.3 is 4.74 Å². The van der Waals surface area contributed by atoms with Crippen molar-refractivity contribution < 1.29 is 31.2 Å². The highest BCUT2D eigenvalue weighted by Crippen LogP contribution is 2.34. The number of nitrogens with zero attached hydrogens (tertiary/aromatic N) is 2. The zero-order valence-corrected chi connectivity index (χ0v) is 16.5. The van der Waals surface area contributed by atoms with E-state index < -0.39 is 37.7 Å². The summed E-state index contributed by atoms with van der Waals surface area (Å²) in [4.78, 5) is 24.7. The van der Waals surface area contributed by atoms with Gasteiger partial charge in [-0.1, -0.05) is 0 Å². The number of carbonyl (C=O) groups excluding carboxylic acids is 2. The van der Waals surface area contributed by atoms with Crippen molar-refractivity contribution >= 4 is 37.4 Å². The molecule has 2 heterocycles. The average molecular weight is 416 g/mol. The maximum atomic E-state index is 13.1. The van der Waals surface area contributed by atoms with E-state index in [0.29, 0.717) is 0 Å². The Morgan fingerprint density at radius 3 is 2.33 bits per heavy atom. The van der Waals surface area contributed by atoms with Gasteiger partial charge in [-0.15, -0.1) is 0 Å². The van der Waals surface area contributed by atoms with E-state index in [1.165, 1.54) is 32.4 Å². The second-order valence-corrected chi connectivity index (χ2v) is 10.7. The normalized spacial score (nSPS) is 22.6. The van der Waals surface area contributed by atoms with Crippen LogP contribution in [0.5, 0.6) is 5.75 Å². The van der Waals surface area contributed by atoms with Crippen LogP contribution in [0, 0.1) is 0 Å². The van der Waals surface area contributed by atoms with Crippen LogP contribution in [0.4, 0.5) is 5.69 Å². The van der Waals surface area contributed by atoms with Crippen LogP contribution in [0.25, 0.3) is 0 Å². The molecular weight excluding hydrogens is 396 g/mol. The first-order valence-electron chi connectivity index (χ1n) is 8.29. The first kappa shape index (κ1) is 19.8. The SMILES string of the molecule is COc1ccc(N2C(=O)CCC2=O)cc1S(=O)(=O)N(C)[C@@H]1CCS(=O)(=O)C1. The largest absolute Gasteiger partial charge is 0.495 e. The molecule has 0 N–H and O–H groups in total. The Hall–Kier alpha value is -1.98. The monoisotopic (exact) mass is 416 g/mol. The lowest BCUT2D eigenvalue weighted by Gasteiger charge is -2.24. The molecule has 0 radical (unpaired) electrons. The lowest BCUT2D eigenvalue weighted by molar-refractivity contribution is -0.121. The molecule has 2 fully saturated rings.